The number of nitrogens with zero attached hydrogens (tertiary/aromatic N) is 1. The molecular formula is C25H29N3O5S. The molecule has 4 rings (SSSR count). The lowest BCUT2D eigenvalue weighted by atomic mass is 9.95. The SMILES string of the molecule is Cc1cc(C(=O)NC2CCCCC2)ccc1NC(=O)c1ccc2c(c1)S(=O)(=O)N(C(C)C)C2=O. The number of nitrogens with one attached hydrogen (secondary N) is 2. The predicted octanol–water partition coefficient (Wildman–Crippen LogP) is 3.86. The van der Waals surface area contributed by atoms with Gasteiger partial charge in [-0.05, 0) is 75.6 Å². The van der Waals surface area contributed by atoms with E-state index in [1.165, 1.54) is 24.6 Å². The first-order valence-electron chi connectivity index (χ1n) is 11.6. The van der Waals surface area contributed by atoms with Gasteiger partial charge >= 0.3 is 0 Å². The Morgan fingerprint density at radius 2 is 1.62 bits per heavy atom. The van der Waals surface area contributed by atoms with Crippen molar-refractivity contribution in [2.75, 3.05) is 5.32 Å². The highest BCUT2D eigenvalue weighted by atomic mass is 32.2. The molecule has 34 heavy (non-hydrogen) atoms. The summed E-state index contributed by atoms with van der Waals surface area (Å²) in [5, 5.41) is 5.85. The molecule has 180 valence electrons. The van der Waals surface area contributed by atoms with E-state index in [2.05, 4.69) is 10.6 Å². The quantitative estimate of drug-likeness (QED) is 0.671. The maximum absolute atomic E-state index is 12.9. The van der Waals surface area contributed by atoms with Gasteiger partial charge in [-0.25, -0.2) is 12.7 Å². The van der Waals surface area contributed by atoms with Crippen molar-refractivity contribution in [2.45, 2.75) is 69.9 Å². The van der Waals surface area contributed by atoms with Gasteiger partial charge in [0.1, 0.15) is 4.90 Å². The topological polar surface area (TPSA) is 113 Å². The summed E-state index contributed by atoms with van der Waals surface area (Å²) >= 11 is 0. The molecule has 3 amide bonds. The number of benzene rings is 2. The normalized spacial score (nSPS) is 17.5. The minimum absolute atomic E-state index is 0.0646. The van der Waals surface area contributed by atoms with Crippen molar-refractivity contribution in [1.82, 2.24) is 9.62 Å². The third kappa shape index (κ3) is 4.44. The summed E-state index contributed by atoms with van der Waals surface area (Å²) in [6.45, 7) is 5.03. The van der Waals surface area contributed by atoms with Gasteiger partial charge in [0.2, 0.25) is 0 Å². The number of aryl methyl sites for hydroxylation is 1. The number of fused-ring (bicyclic) bond motifs is 1. The number of anilines is 1. The van der Waals surface area contributed by atoms with Crippen LogP contribution in [-0.2, 0) is 10.0 Å². The van der Waals surface area contributed by atoms with Crippen LogP contribution in [0.3, 0.4) is 0 Å². The predicted molar refractivity (Wildman–Crippen MR) is 128 cm³/mol. The number of carbonyl (C=O) groups is 3. The molecule has 1 heterocycles. The number of carbonyl (C=O) groups excluding carboxylic acids is 3. The summed E-state index contributed by atoms with van der Waals surface area (Å²) in [4.78, 5) is 37.8. The third-order valence-electron chi connectivity index (χ3n) is 6.36. The third-order valence-corrected chi connectivity index (χ3v) is 8.36. The Morgan fingerprint density at radius 1 is 0.971 bits per heavy atom. The van der Waals surface area contributed by atoms with E-state index in [1.807, 2.05) is 0 Å². The summed E-state index contributed by atoms with van der Waals surface area (Å²) in [7, 11) is -4.00. The van der Waals surface area contributed by atoms with Gasteiger partial charge in [0.25, 0.3) is 27.7 Å². The van der Waals surface area contributed by atoms with Crippen LogP contribution in [0.15, 0.2) is 41.3 Å². The molecule has 2 aromatic carbocycles. The van der Waals surface area contributed by atoms with Gasteiger partial charge in [-0.3, -0.25) is 14.4 Å². The smallest absolute Gasteiger partial charge is 0.269 e. The summed E-state index contributed by atoms with van der Waals surface area (Å²) in [6.07, 6.45) is 5.46. The average Bonchev–Trinajstić information content (AvgIpc) is 3.00. The molecule has 9 heteroatoms. The molecule has 1 saturated carbocycles. The standard InChI is InChI=1S/C25H29N3O5S/c1-15(2)28-25(31)20-11-9-18(14-22(20)34(28,32)33)24(30)27-21-12-10-17(13-16(21)3)23(29)26-19-7-5-4-6-8-19/h9-15,19H,4-8H2,1-3H3,(H,26,29)(H,27,30). The molecule has 0 saturated heterocycles. The molecule has 0 spiro atoms. The van der Waals surface area contributed by atoms with Crippen LogP contribution in [0.25, 0.3) is 0 Å². The molecule has 1 aliphatic carbocycles. The molecule has 0 atom stereocenters. The Balaban J connectivity index is 1.50. The Kier molecular flexibility index (Phi) is 6.49. The fourth-order valence-corrected chi connectivity index (χ4v) is 6.35. The highest BCUT2D eigenvalue weighted by molar-refractivity contribution is 7.90. The van der Waals surface area contributed by atoms with Crippen molar-refractivity contribution in [3.63, 3.8) is 0 Å². The minimum Gasteiger partial charge on any atom is -0.349 e. The van der Waals surface area contributed by atoms with E-state index in [-0.39, 0.29) is 28.0 Å². The maximum atomic E-state index is 12.9. The Bertz CT molecular complexity index is 1260. The summed E-state index contributed by atoms with van der Waals surface area (Å²) < 4.78 is 26.4. The van der Waals surface area contributed by atoms with Crippen LogP contribution in [-0.4, -0.2) is 42.5 Å². The van der Waals surface area contributed by atoms with Crippen LogP contribution in [0.1, 0.15) is 82.6 Å². The molecule has 2 aliphatic rings. The van der Waals surface area contributed by atoms with E-state index in [4.69, 9.17) is 0 Å². The molecule has 0 unspecified atom stereocenters. The van der Waals surface area contributed by atoms with Gasteiger partial charge in [-0.15, -0.1) is 0 Å². The van der Waals surface area contributed by atoms with Crippen molar-refractivity contribution >= 4 is 33.4 Å². The number of amides is 3. The zero-order valence-electron chi connectivity index (χ0n) is 19.6. The maximum Gasteiger partial charge on any atom is 0.269 e. The van der Waals surface area contributed by atoms with E-state index in [1.54, 1.807) is 39.0 Å². The number of sulfonamides is 1. The first-order valence-corrected chi connectivity index (χ1v) is 13.0. The lowest BCUT2D eigenvalue weighted by Gasteiger charge is -2.23. The van der Waals surface area contributed by atoms with E-state index < -0.39 is 27.9 Å². The molecule has 2 aromatic rings. The van der Waals surface area contributed by atoms with Gasteiger partial charge in [-0.1, -0.05) is 19.3 Å². The molecule has 0 radical (unpaired) electrons. The highest BCUT2D eigenvalue weighted by Crippen LogP contribution is 2.33. The second kappa shape index (κ2) is 9.21. The second-order valence-electron chi connectivity index (χ2n) is 9.20. The fraction of sp³-hybridized carbons (Fsp3) is 0.400. The van der Waals surface area contributed by atoms with Crippen LogP contribution in [0, 0.1) is 6.92 Å². The summed E-state index contributed by atoms with van der Waals surface area (Å²) in [5.74, 6) is -1.22. The Labute approximate surface area is 199 Å². The second-order valence-corrected chi connectivity index (χ2v) is 11.0. The fourth-order valence-electron chi connectivity index (χ4n) is 4.55. The van der Waals surface area contributed by atoms with Gasteiger partial charge in [0, 0.05) is 28.9 Å². The van der Waals surface area contributed by atoms with Gasteiger partial charge in [0.05, 0.1) is 5.56 Å². The molecule has 0 aromatic heterocycles. The summed E-state index contributed by atoms with van der Waals surface area (Å²) in [5.41, 5.74) is 1.94. The highest BCUT2D eigenvalue weighted by Gasteiger charge is 2.43. The molecular weight excluding hydrogens is 454 g/mol. The van der Waals surface area contributed by atoms with Crippen LogP contribution in [0.2, 0.25) is 0 Å². The first kappa shape index (κ1) is 23.9. The van der Waals surface area contributed by atoms with Crippen LogP contribution in [0.4, 0.5) is 5.69 Å². The lowest BCUT2D eigenvalue weighted by molar-refractivity contribution is 0.0845. The molecule has 0 bridgehead atoms. The molecule has 1 aliphatic heterocycles. The van der Waals surface area contributed by atoms with E-state index >= 15 is 0 Å². The van der Waals surface area contributed by atoms with Crippen molar-refractivity contribution in [3.8, 4) is 0 Å². The molecule has 8 nitrogen and oxygen atoms in total. The van der Waals surface area contributed by atoms with Crippen molar-refractivity contribution in [3.05, 3.63) is 58.7 Å². The van der Waals surface area contributed by atoms with Crippen molar-refractivity contribution in [2.24, 2.45) is 0 Å². The Hall–Kier alpha value is -3.20. The summed E-state index contributed by atoms with van der Waals surface area (Å²) in [6, 6.07) is 8.77. The van der Waals surface area contributed by atoms with Gasteiger partial charge < -0.3 is 10.6 Å². The monoisotopic (exact) mass is 483 g/mol. The van der Waals surface area contributed by atoms with Gasteiger partial charge in [0.15, 0.2) is 0 Å². The lowest BCUT2D eigenvalue weighted by Crippen LogP contribution is -2.36. The van der Waals surface area contributed by atoms with Crippen LogP contribution in [0.5, 0.6) is 0 Å². The Morgan fingerprint density at radius 3 is 2.26 bits per heavy atom. The van der Waals surface area contributed by atoms with Crippen LogP contribution >= 0.6 is 0 Å². The van der Waals surface area contributed by atoms with E-state index in [9.17, 15) is 22.8 Å². The minimum atomic E-state index is -4.00. The largest absolute Gasteiger partial charge is 0.349 e. The molecule has 2 N–H and O–H groups in total. The van der Waals surface area contributed by atoms with Gasteiger partial charge in [-0.2, -0.15) is 0 Å². The van der Waals surface area contributed by atoms with Crippen LogP contribution < -0.4 is 10.6 Å². The number of hydrogen-bond donors (Lipinski definition) is 2. The zero-order valence-corrected chi connectivity index (χ0v) is 20.4. The average molecular weight is 484 g/mol. The zero-order chi connectivity index (χ0) is 24.6. The van der Waals surface area contributed by atoms with E-state index in [0.29, 0.717) is 16.8 Å². The first-order chi connectivity index (χ1) is 16.1. The van der Waals surface area contributed by atoms with Crippen molar-refractivity contribution in [1.29, 1.82) is 0 Å². The number of hydrogen-bond acceptors (Lipinski definition) is 5. The molecule has 1 fully saturated rings. The van der Waals surface area contributed by atoms with Crippen molar-refractivity contribution < 1.29 is 22.8 Å². The number of rotatable bonds is 5. The van der Waals surface area contributed by atoms with E-state index in [0.717, 1.165) is 30.0 Å².